The van der Waals surface area contributed by atoms with Crippen LogP contribution in [-0.2, 0) is 19.1 Å². The van der Waals surface area contributed by atoms with Gasteiger partial charge in [0.15, 0.2) is 18.2 Å². The summed E-state index contributed by atoms with van der Waals surface area (Å²) in [5.74, 6) is -0.217. The standard InChI is InChI=1S/C15H14O5/c1-10(17)19-12-7-13(14(18)8-12)15(9-16)20-11-5-3-2-4-6-11/h2-7,9,12,15H,8H2,1H3/t12-,15?/m0/s1. The lowest BCUT2D eigenvalue weighted by Gasteiger charge is -2.13. The maximum absolute atomic E-state index is 11.9. The third-order valence-corrected chi connectivity index (χ3v) is 2.83. The third-order valence-electron chi connectivity index (χ3n) is 2.83. The molecule has 1 aliphatic carbocycles. The van der Waals surface area contributed by atoms with E-state index in [1.807, 2.05) is 6.07 Å². The lowest BCUT2D eigenvalue weighted by molar-refractivity contribution is -0.144. The number of ether oxygens (including phenoxy) is 2. The van der Waals surface area contributed by atoms with Crippen molar-refractivity contribution in [2.75, 3.05) is 0 Å². The van der Waals surface area contributed by atoms with Crippen molar-refractivity contribution in [1.29, 1.82) is 0 Å². The second-order valence-corrected chi connectivity index (χ2v) is 4.38. The molecule has 1 aromatic rings. The Morgan fingerprint density at radius 2 is 2.05 bits per heavy atom. The Balaban J connectivity index is 2.12. The Hall–Kier alpha value is -2.43. The first-order valence-electron chi connectivity index (χ1n) is 6.19. The molecule has 0 heterocycles. The second kappa shape index (κ2) is 6.14. The summed E-state index contributed by atoms with van der Waals surface area (Å²) in [4.78, 5) is 33.9. The van der Waals surface area contributed by atoms with Gasteiger partial charge in [0.25, 0.3) is 0 Å². The monoisotopic (exact) mass is 274 g/mol. The van der Waals surface area contributed by atoms with Crippen molar-refractivity contribution in [3.63, 3.8) is 0 Å². The van der Waals surface area contributed by atoms with Crippen LogP contribution in [0.1, 0.15) is 13.3 Å². The maximum atomic E-state index is 11.9. The molecule has 5 nitrogen and oxygen atoms in total. The minimum Gasteiger partial charge on any atom is -0.478 e. The smallest absolute Gasteiger partial charge is 0.303 e. The zero-order valence-electron chi connectivity index (χ0n) is 10.9. The number of Topliss-reactive ketones (excluding diaryl/α,β-unsaturated/α-hetero) is 1. The van der Waals surface area contributed by atoms with E-state index in [0.29, 0.717) is 12.0 Å². The number of hydrogen-bond acceptors (Lipinski definition) is 5. The summed E-state index contributed by atoms with van der Waals surface area (Å²) in [6.07, 6.45) is 0.498. The number of carbonyl (C=O) groups is 3. The minimum atomic E-state index is -0.981. The number of para-hydroxylation sites is 1. The molecular formula is C15H14O5. The van der Waals surface area contributed by atoms with E-state index < -0.39 is 18.2 Å². The Kier molecular flexibility index (Phi) is 4.30. The van der Waals surface area contributed by atoms with Crippen LogP contribution in [0, 0.1) is 0 Å². The molecule has 20 heavy (non-hydrogen) atoms. The van der Waals surface area contributed by atoms with Gasteiger partial charge in [-0.05, 0) is 18.2 Å². The highest BCUT2D eigenvalue weighted by atomic mass is 16.5. The number of carbonyl (C=O) groups excluding carboxylic acids is 3. The minimum absolute atomic E-state index is 0.0530. The molecule has 0 aliphatic heterocycles. The first kappa shape index (κ1) is 14.0. The van der Waals surface area contributed by atoms with Gasteiger partial charge in [-0.2, -0.15) is 0 Å². The van der Waals surface area contributed by atoms with Crippen LogP contribution in [0.5, 0.6) is 5.75 Å². The number of hydrogen-bond donors (Lipinski definition) is 0. The van der Waals surface area contributed by atoms with E-state index in [1.54, 1.807) is 24.3 Å². The van der Waals surface area contributed by atoms with E-state index in [2.05, 4.69) is 0 Å². The molecule has 1 unspecified atom stereocenters. The van der Waals surface area contributed by atoms with E-state index in [1.165, 1.54) is 13.0 Å². The van der Waals surface area contributed by atoms with Gasteiger partial charge in [-0.25, -0.2) is 0 Å². The molecule has 0 fully saturated rings. The van der Waals surface area contributed by atoms with Crippen LogP contribution in [-0.4, -0.2) is 30.2 Å². The van der Waals surface area contributed by atoms with Gasteiger partial charge in [-0.1, -0.05) is 18.2 Å². The fourth-order valence-corrected chi connectivity index (χ4v) is 2.01. The highest BCUT2D eigenvalue weighted by Gasteiger charge is 2.32. The molecule has 5 heteroatoms. The summed E-state index contributed by atoms with van der Waals surface area (Å²) in [5.41, 5.74) is 0.232. The van der Waals surface area contributed by atoms with Gasteiger partial charge in [-0.15, -0.1) is 0 Å². The Morgan fingerprint density at radius 3 is 2.65 bits per heavy atom. The van der Waals surface area contributed by atoms with Crippen molar-refractivity contribution in [3.05, 3.63) is 42.0 Å². The quantitative estimate of drug-likeness (QED) is 0.600. The summed E-state index contributed by atoms with van der Waals surface area (Å²) in [7, 11) is 0. The summed E-state index contributed by atoms with van der Waals surface area (Å²) >= 11 is 0. The van der Waals surface area contributed by atoms with Crippen LogP contribution in [0.25, 0.3) is 0 Å². The summed E-state index contributed by atoms with van der Waals surface area (Å²) in [6.45, 7) is 1.27. The summed E-state index contributed by atoms with van der Waals surface area (Å²) < 4.78 is 10.4. The van der Waals surface area contributed by atoms with Gasteiger partial charge in [0.05, 0.1) is 6.42 Å². The lowest BCUT2D eigenvalue weighted by atomic mass is 10.1. The highest BCUT2D eigenvalue weighted by molar-refractivity contribution is 6.02. The van der Waals surface area contributed by atoms with E-state index >= 15 is 0 Å². The van der Waals surface area contributed by atoms with Gasteiger partial charge >= 0.3 is 5.97 Å². The molecule has 0 saturated carbocycles. The molecule has 104 valence electrons. The fourth-order valence-electron chi connectivity index (χ4n) is 2.01. The molecule has 0 bridgehead atoms. The van der Waals surface area contributed by atoms with Crippen molar-refractivity contribution in [1.82, 2.24) is 0 Å². The average molecular weight is 274 g/mol. The molecular weight excluding hydrogens is 260 g/mol. The zero-order valence-corrected chi connectivity index (χ0v) is 10.9. The first-order chi connectivity index (χ1) is 9.60. The molecule has 1 aliphatic rings. The molecule has 0 amide bonds. The Labute approximate surface area is 116 Å². The predicted molar refractivity (Wildman–Crippen MR) is 70.2 cm³/mol. The molecule has 0 N–H and O–H groups in total. The van der Waals surface area contributed by atoms with Gasteiger partial charge in [-0.3, -0.25) is 14.4 Å². The van der Waals surface area contributed by atoms with Crippen LogP contribution in [0.2, 0.25) is 0 Å². The molecule has 2 atom stereocenters. The van der Waals surface area contributed by atoms with E-state index in [0.717, 1.165) is 0 Å². The van der Waals surface area contributed by atoms with Gasteiger partial charge in [0, 0.05) is 12.5 Å². The van der Waals surface area contributed by atoms with Crippen molar-refractivity contribution in [2.45, 2.75) is 25.6 Å². The number of ketones is 1. The molecule has 0 aromatic heterocycles. The first-order valence-corrected chi connectivity index (χ1v) is 6.19. The van der Waals surface area contributed by atoms with Gasteiger partial charge in [0.2, 0.25) is 0 Å². The summed E-state index contributed by atoms with van der Waals surface area (Å²) in [6, 6.07) is 8.74. The fraction of sp³-hybridized carbons (Fsp3) is 0.267. The van der Waals surface area contributed by atoms with Crippen molar-refractivity contribution in [2.24, 2.45) is 0 Å². The normalized spacial score (nSPS) is 19.1. The number of esters is 1. The van der Waals surface area contributed by atoms with Crippen molar-refractivity contribution < 1.29 is 23.9 Å². The molecule has 0 radical (unpaired) electrons. The Morgan fingerprint density at radius 1 is 1.35 bits per heavy atom. The summed E-state index contributed by atoms with van der Waals surface area (Å²) in [5, 5.41) is 0. The van der Waals surface area contributed by atoms with Crippen LogP contribution >= 0.6 is 0 Å². The van der Waals surface area contributed by atoms with Gasteiger partial charge < -0.3 is 9.47 Å². The average Bonchev–Trinajstić information content (AvgIpc) is 2.77. The van der Waals surface area contributed by atoms with Crippen molar-refractivity contribution in [3.8, 4) is 5.75 Å². The van der Waals surface area contributed by atoms with Crippen LogP contribution in [0.3, 0.4) is 0 Å². The highest BCUT2D eigenvalue weighted by Crippen LogP contribution is 2.23. The van der Waals surface area contributed by atoms with Crippen molar-refractivity contribution >= 4 is 18.0 Å². The molecule has 1 aromatic carbocycles. The van der Waals surface area contributed by atoms with E-state index in [4.69, 9.17) is 9.47 Å². The number of rotatable bonds is 5. The maximum Gasteiger partial charge on any atom is 0.303 e. The SMILES string of the molecule is CC(=O)O[C@H]1C=C(C(C=O)Oc2ccccc2)C(=O)C1. The van der Waals surface area contributed by atoms with Crippen LogP contribution < -0.4 is 4.74 Å². The molecule has 2 rings (SSSR count). The zero-order chi connectivity index (χ0) is 14.5. The molecule has 0 spiro atoms. The predicted octanol–water partition coefficient (Wildman–Crippen LogP) is 1.46. The van der Waals surface area contributed by atoms with Crippen LogP contribution in [0.4, 0.5) is 0 Å². The van der Waals surface area contributed by atoms with E-state index in [-0.39, 0.29) is 17.8 Å². The van der Waals surface area contributed by atoms with Gasteiger partial charge in [0.1, 0.15) is 11.9 Å². The largest absolute Gasteiger partial charge is 0.478 e. The topological polar surface area (TPSA) is 69.7 Å². The number of aldehydes is 1. The number of benzene rings is 1. The molecule has 0 saturated heterocycles. The lowest BCUT2D eigenvalue weighted by Crippen LogP contribution is -2.24. The second-order valence-electron chi connectivity index (χ2n) is 4.38. The Bertz CT molecular complexity index is 547. The third kappa shape index (κ3) is 3.32. The van der Waals surface area contributed by atoms with E-state index in [9.17, 15) is 14.4 Å². The van der Waals surface area contributed by atoms with Crippen LogP contribution in [0.15, 0.2) is 42.0 Å².